The fraction of sp³-hybridized carbons (Fsp3) is 0.435. The van der Waals surface area contributed by atoms with Crippen LogP contribution in [-0.4, -0.2) is 51.0 Å². The highest BCUT2D eigenvalue weighted by Gasteiger charge is 2.26. The lowest BCUT2D eigenvalue weighted by Gasteiger charge is -2.26. The summed E-state index contributed by atoms with van der Waals surface area (Å²) in [6.45, 7) is 3.19. The van der Waals surface area contributed by atoms with E-state index in [4.69, 9.17) is 9.47 Å². The number of anilines is 1. The molecule has 2 aromatic carbocycles. The number of benzene rings is 2. The van der Waals surface area contributed by atoms with Crippen LogP contribution in [0.5, 0.6) is 5.75 Å². The van der Waals surface area contributed by atoms with Gasteiger partial charge in [0, 0.05) is 18.8 Å². The van der Waals surface area contributed by atoms with Gasteiger partial charge in [-0.25, -0.2) is 8.42 Å². The number of carbonyl (C=O) groups is 1. The molecule has 0 saturated carbocycles. The lowest BCUT2D eigenvalue weighted by molar-refractivity contribution is -0.122. The lowest BCUT2D eigenvalue weighted by atomic mass is 9.92. The van der Waals surface area contributed by atoms with E-state index in [1.54, 1.807) is 19.1 Å². The van der Waals surface area contributed by atoms with Gasteiger partial charge in [0.1, 0.15) is 5.75 Å². The van der Waals surface area contributed by atoms with Gasteiger partial charge in [-0.1, -0.05) is 6.07 Å². The minimum atomic E-state index is -3.56. The second-order valence-corrected chi connectivity index (χ2v) is 9.87. The Kier molecular flexibility index (Phi) is 6.60. The van der Waals surface area contributed by atoms with Gasteiger partial charge in [-0.15, -0.1) is 0 Å². The number of fused-ring (bicyclic) bond motifs is 1. The first-order valence-corrected chi connectivity index (χ1v) is 12.1. The highest BCUT2D eigenvalue weighted by Crippen LogP contribution is 2.26. The van der Waals surface area contributed by atoms with Crippen LogP contribution in [-0.2, 0) is 32.4 Å². The fourth-order valence-electron chi connectivity index (χ4n) is 3.93. The molecule has 0 bridgehead atoms. The van der Waals surface area contributed by atoms with Crippen LogP contribution >= 0.6 is 0 Å². The number of rotatable bonds is 6. The van der Waals surface area contributed by atoms with E-state index in [1.165, 1.54) is 40.4 Å². The molecule has 31 heavy (non-hydrogen) atoms. The molecule has 7 nitrogen and oxygen atoms in total. The smallest absolute Gasteiger partial charge is 0.265 e. The van der Waals surface area contributed by atoms with Crippen LogP contribution in [0.25, 0.3) is 0 Å². The van der Waals surface area contributed by atoms with E-state index in [0.717, 1.165) is 12.8 Å². The molecule has 1 heterocycles. The average Bonchev–Trinajstić information content (AvgIpc) is 2.80. The standard InChI is InChI=1S/C23H28N2O5S/c1-17(30-21-9-6-18-4-2-3-5-19(18)16-21)23(26)24-20-7-10-22(11-8-20)31(27,28)25-12-14-29-15-13-25/h6-11,16-17H,2-5,12-15H2,1H3,(H,24,26)/t17-/m0/s1. The largest absolute Gasteiger partial charge is 0.481 e. The van der Waals surface area contributed by atoms with Gasteiger partial charge in [0.2, 0.25) is 10.0 Å². The van der Waals surface area contributed by atoms with Crippen molar-refractivity contribution in [1.29, 1.82) is 0 Å². The van der Waals surface area contributed by atoms with E-state index in [9.17, 15) is 13.2 Å². The summed E-state index contributed by atoms with van der Waals surface area (Å²) in [7, 11) is -3.56. The molecule has 8 heteroatoms. The quantitative estimate of drug-likeness (QED) is 0.740. The molecule has 0 spiro atoms. The summed E-state index contributed by atoms with van der Waals surface area (Å²) in [5.41, 5.74) is 3.18. The predicted octanol–water partition coefficient (Wildman–Crippen LogP) is 2.99. The summed E-state index contributed by atoms with van der Waals surface area (Å²) >= 11 is 0. The van der Waals surface area contributed by atoms with Crippen LogP contribution in [0.4, 0.5) is 5.69 Å². The molecule has 0 unspecified atom stereocenters. The summed E-state index contributed by atoms with van der Waals surface area (Å²) < 4.78 is 37.9. The second-order valence-electron chi connectivity index (χ2n) is 7.93. The molecule has 1 atom stereocenters. The zero-order valence-corrected chi connectivity index (χ0v) is 18.5. The van der Waals surface area contributed by atoms with Gasteiger partial charge in [0.25, 0.3) is 5.91 Å². The topological polar surface area (TPSA) is 84.9 Å². The summed E-state index contributed by atoms with van der Waals surface area (Å²) in [6, 6.07) is 12.2. The number of amides is 1. The van der Waals surface area contributed by atoms with Gasteiger partial charge in [-0.05, 0) is 80.1 Å². The highest BCUT2D eigenvalue weighted by molar-refractivity contribution is 7.89. The molecule has 1 N–H and O–H groups in total. The number of nitrogens with zero attached hydrogens (tertiary/aromatic N) is 1. The Hall–Kier alpha value is -2.42. The molecular formula is C23H28N2O5S. The van der Waals surface area contributed by atoms with Crippen LogP contribution in [0.1, 0.15) is 30.9 Å². The van der Waals surface area contributed by atoms with E-state index < -0.39 is 16.1 Å². The number of hydrogen-bond acceptors (Lipinski definition) is 5. The second kappa shape index (κ2) is 9.38. The maximum Gasteiger partial charge on any atom is 0.265 e. The Labute approximate surface area is 183 Å². The van der Waals surface area contributed by atoms with Crippen LogP contribution in [0.15, 0.2) is 47.4 Å². The number of ether oxygens (including phenoxy) is 2. The molecule has 0 aromatic heterocycles. The maximum absolute atomic E-state index is 12.7. The third kappa shape index (κ3) is 5.08. The zero-order valence-electron chi connectivity index (χ0n) is 17.7. The van der Waals surface area contributed by atoms with Crippen molar-refractivity contribution >= 4 is 21.6 Å². The number of nitrogens with one attached hydrogen (secondary N) is 1. The van der Waals surface area contributed by atoms with Crippen LogP contribution < -0.4 is 10.1 Å². The monoisotopic (exact) mass is 444 g/mol. The Morgan fingerprint density at radius 3 is 2.42 bits per heavy atom. The third-order valence-electron chi connectivity index (χ3n) is 5.73. The van der Waals surface area contributed by atoms with Crippen molar-refractivity contribution in [3.05, 3.63) is 53.6 Å². The van der Waals surface area contributed by atoms with Crippen molar-refractivity contribution < 1.29 is 22.7 Å². The molecule has 1 saturated heterocycles. The van der Waals surface area contributed by atoms with E-state index >= 15 is 0 Å². The summed E-state index contributed by atoms with van der Waals surface area (Å²) in [4.78, 5) is 12.8. The van der Waals surface area contributed by atoms with Gasteiger partial charge < -0.3 is 14.8 Å². The Bertz CT molecular complexity index is 1030. The SMILES string of the molecule is C[C@H](Oc1ccc2c(c1)CCCC2)C(=O)Nc1ccc(S(=O)(=O)N2CCOCC2)cc1. The average molecular weight is 445 g/mol. The molecule has 1 aliphatic heterocycles. The molecule has 0 radical (unpaired) electrons. The van der Waals surface area contributed by atoms with Gasteiger partial charge in [-0.2, -0.15) is 4.31 Å². The minimum absolute atomic E-state index is 0.200. The normalized spacial score (nSPS) is 18.1. The van der Waals surface area contributed by atoms with Gasteiger partial charge in [0.15, 0.2) is 6.10 Å². The van der Waals surface area contributed by atoms with Crippen molar-refractivity contribution in [1.82, 2.24) is 4.31 Å². The Morgan fingerprint density at radius 2 is 1.71 bits per heavy atom. The summed E-state index contributed by atoms with van der Waals surface area (Å²) in [6.07, 6.45) is 3.87. The number of morpholine rings is 1. The number of aryl methyl sites for hydroxylation is 2. The van der Waals surface area contributed by atoms with E-state index in [0.29, 0.717) is 37.7 Å². The molecule has 2 aliphatic rings. The van der Waals surface area contributed by atoms with Crippen molar-refractivity contribution in [2.24, 2.45) is 0 Å². The van der Waals surface area contributed by atoms with Gasteiger partial charge >= 0.3 is 0 Å². The minimum Gasteiger partial charge on any atom is -0.481 e. The van der Waals surface area contributed by atoms with E-state index in [2.05, 4.69) is 11.4 Å². The Balaban J connectivity index is 1.37. The number of carbonyl (C=O) groups excluding carboxylic acids is 1. The molecule has 1 fully saturated rings. The first-order chi connectivity index (χ1) is 14.9. The third-order valence-corrected chi connectivity index (χ3v) is 7.64. The van der Waals surface area contributed by atoms with Crippen LogP contribution in [0, 0.1) is 0 Å². The predicted molar refractivity (Wildman–Crippen MR) is 118 cm³/mol. The summed E-state index contributed by atoms with van der Waals surface area (Å²) in [5.74, 6) is 0.400. The molecule has 4 rings (SSSR count). The van der Waals surface area contributed by atoms with Crippen molar-refractivity contribution in [3.8, 4) is 5.75 Å². The molecular weight excluding hydrogens is 416 g/mol. The first kappa shape index (κ1) is 21.8. The van der Waals surface area contributed by atoms with Crippen molar-refractivity contribution in [3.63, 3.8) is 0 Å². The Morgan fingerprint density at radius 1 is 1.03 bits per heavy atom. The van der Waals surface area contributed by atoms with Gasteiger partial charge in [0.05, 0.1) is 18.1 Å². The van der Waals surface area contributed by atoms with Crippen LogP contribution in [0.2, 0.25) is 0 Å². The molecule has 2 aromatic rings. The van der Waals surface area contributed by atoms with E-state index in [1.807, 2.05) is 12.1 Å². The summed E-state index contributed by atoms with van der Waals surface area (Å²) in [5, 5.41) is 2.79. The molecule has 1 aliphatic carbocycles. The first-order valence-electron chi connectivity index (χ1n) is 10.7. The van der Waals surface area contributed by atoms with E-state index in [-0.39, 0.29) is 10.8 Å². The maximum atomic E-state index is 12.7. The molecule has 166 valence electrons. The van der Waals surface area contributed by atoms with Crippen molar-refractivity contribution in [2.75, 3.05) is 31.6 Å². The number of sulfonamides is 1. The fourth-order valence-corrected chi connectivity index (χ4v) is 5.34. The van der Waals surface area contributed by atoms with Crippen molar-refractivity contribution in [2.45, 2.75) is 43.6 Å². The zero-order chi connectivity index (χ0) is 21.8. The van der Waals surface area contributed by atoms with Gasteiger partial charge in [-0.3, -0.25) is 4.79 Å². The highest BCUT2D eigenvalue weighted by atomic mass is 32.2. The lowest BCUT2D eigenvalue weighted by Crippen LogP contribution is -2.40. The number of hydrogen-bond donors (Lipinski definition) is 1. The van der Waals surface area contributed by atoms with Crippen LogP contribution in [0.3, 0.4) is 0 Å². The molecule has 1 amide bonds.